The third-order valence-electron chi connectivity index (χ3n) is 5.54. The molecule has 5 rings (SSSR count). The molecule has 0 bridgehead atoms. The Morgan fingerprint density at radius 2 is 1.97 bits per heavy atom. The van der Waals surface area contributed by atoms with Crippen molar-refractivity contribution in [3.8, 4) is 0 Å². The van der Waals surface area contributed by atoms with Crippen molar-refractivity contribution in [3.05, 3.63) is 41.9 Å². The second-order valence-electron chi connectivity index (χ2n) is 8.01. The van der Waals surface area contributed by atoms with Gasteiger partial charge in [0.05, 0.1) is 28.5 Å². The van der Waals surface area contributed by atoms with Crippen molar-refractivity contribution in [2.75, 3.05) is 36.4 Å². The number of aryl methyl sites for hydroxylation is 1. The number of aromatic nitrogens is 4. The predicted molar refractivity (Wildman–Crippen MR) is 119 cm³/mol. The van der Waals surface area contributed by atoms with E-state index in [4.69, 9.17) is 9.51 Å². The van der Waals surface area contributed by atoms with Gasteiger partial charge in [-0.05, 0) is 36.6 Å². The fraction of sp³-hybridized carbons (Fsp3) is 0.364. The first kappa shape index (κ1) is 18.7. The molecule has 1 aromatic carbocycles. The van der Waals surface area contributed by atoms with Crippen LogP contribution in [0.25, 0.3) is 21.9 Å². The van der Waals surface area contributed by atoms with Crippen LogP contribution in [0.5, 0.6) is 0 Å². The molecular formula is C22H25N7O. The molecule has 0 spiro atoms. The van der Waals surface area contributed by atoms with Crippen LogP contribution in [0.3, 0.4) is 0 Å². The lowest BCUT2D eigenvalue weighted by atomic mass is 10.0. The molecule has 0 amide bonds. The molecule has 8 nitrogen and oxygen atoms in total. The number of nitrogens with zero attached hydrogens (tertiary/aromatic N) is 5. The van der Waals surface area contributed by atoms with Crippen LogP contribution >= 0.6 is 0 Å². The number of hydrogen-bond acceptors (Lipinski definition) is 8. The van der Waals surface area contributed by atoms with E-state index < -0.39 is 0 Å². The molecule has 0 aliphatic carbocycles. The zero-order valence-corrected chi connectivity index (χ0v) is 17.4. The van der Waals surface area contributed by atoms with Crippen LogP contribution in [0, 0.1) is 6.92 Å². The molecule has 3 aromatic heterocycles. The first-order valence-corrected chi connectivity index (χ1v) is 10.3. The van der Waals surface area contributed by atoms with Crippen molar-refractivity contribution in [2.45, 2.75) is 26.7 Å². The van der Waals surface area contributed by atoms with Gasteiger partial charge < -0.3 is 20.1 Å². The summed E-state index contributed by atoms with van der Waals surface area (Å²) in [5.41, 5.74) is 4.84. The Morgan fingerprint density at radius 3 is 2.73 bits per heavy atom. The van der Waals surface area contributed by atoms with E-state index >= 15 is 0 Å². The van der Waals surface area contributed by atoms with Gasteiger partial charge in [0, 0.05) is 37.8 Å². The number of pyridine rings is 1. The summed E-state index contributed by atoms with van der Waals surface area (Å²) < 4.78 is 5.51. The van der Waals surface area contributed by atoms with Crippen molar-refractivity contribution in [3.63, 3.8) is 0 Å². The first-order chi connectivity index (χ1) is 14.6. The van der Waals surface area contributed by atoms with Crippen LogP contribution in [0.4, 0.5) is 17.5 Å². The monoisotopic (exact) mass is 403 g/mol. The van der Waals surface area contributed by atoms with E-state index in [0.29, 0.717) is 5.95 Å². The van der Waals surface area contributed by atoms with E-state index in [1.807, 2.05) is 30.6 Å². The van der Waals surface area contributed by atoms with E-state index in [-0.39, 0.29) is 5.92 Å². The summed E-state index contributed by atoms with van der Waals surface area (Å²) >= 11 is 0. The van der Waals surface area contributed by atoms with Gasteiger partial charge >= 0.3 is 0 Å². The number of rotatable bonds is 4. The third kappa shape index (κ3) is 3.33. The van der Waals surface area contributed by atoms with Gasteiger partial charge in [0.1, 0.15) is 5.82 Å². The predicted octanol–water partition coefficient (Wildman–Crippen LogP) is 3.75. The highest BCUT2D eigenvalue weighted by Crippen LogP contribution is 2.31. The van der Waals surface area contributed by atoms with Gasteiger partial charge in [-0.15, -0.1) is 0 Å². The largest absolute Gasteiger partial charge is 0.368 e. The molecule has 0 atom stereocenters. The summed E-state index contributed by atoms with van der Waals surface area (Å²) in [6, 6.07) is 5.93. The SMILES string of the molecule is Cc1cc(Nc2ncc3ccc4onc(C(C)C)c4c3n2)ncc1N1CCNCC1. The molecule has 1 fully saturated rings. The second kappa shape index (κ2) is 7.53. The summed E-state index contributed by atoms with van der Waals surface area (Å²) in [5.74, 6) is 1.48. The Bertz CT molecular complexity index is 1210. The fourth-order valence-corrected chi connectivity index (χ4v) is 3.97. The first-order valence-electron chi connectivity index (χ1n) is 10.3. The maximum Gasteiger partial charge on any atom is 0.228 e. The van der Waals surface area contributed by atoms with E-state index in [1.54, 1.807) is 0 Å². The summed E-state index contributed by atoms with van der Waals surface area (Å²) in [6.45, 7) is 10.3. The molecule has 0 saturated carbocycles. The van der Waals surface area contributed by atoms with E-state index in [9.17, 15) is 0 Å². The number of benzene rings is 1. The molecule has 8 heteroatoms. The lowest BCUT2D eigenvalue weighted by Crippen LogP contribution is -2.43. The van der Waals surface area contributed by atoms with Crippen LogP contribution in [-0.4, -0.2) is 46.3 Å². The molecule has 1 aliphatic rings. The molecule has 30 heavy (non-hydrogen) atoms. The second-order valence-corrected chi connectivity index (χ2v) is 8.01. The molecule has 154 valence electrons. The average Bonchev–Trinajstić information content (AvgIpc) is 3.20. The van der Waals surface area contributed by atoms with Crippen molar-refractivity contribution in [1.29, 1.82) is 0 Å². The van der Waals surface area contributed by atoms with Crippen LogP contribution in [-0.2, 0) is 0 Å². The van der Waals surface area contributed by atoms with E-state index in [0.717, 1.165) is 59.6 Å². The van der Waals surface area contributed by atoms with Gasteiger partial charge in [0.15, 0.2) is 5.58 Å². The minimum atomic E-state index is 0.241. The van der Waals surface area contributed by atoms with Gasteiger partial charge in [0.25, 0.3) is 0 Å². The van der Waals surface area contributed by atoms with Crippen molar-refractivity contribution in [2.24, 2.45) is 0 Å². The van der Waals surface area contributed by atoms with Gasteiger partial charge in [-0.3, -0.25) is 0 Å². The molecule has 2 N–H and O–H groups in total. The van der Waals surface area contributed by atoms with Crippen LogP contribution < -0.4 is 15.5 Å². The highest BCUT2D eigenvalue weighted by atomic mass is 16.5. The topological polar surface area (TPSA) is 92.0 Å². The highest BCUT2D eigenvalue weighted by Gasteiger charge is 2.17. The number of anilines is 3. The summed E-state index contributed by atoms with van der Waals surface area (Å²) in [7, 11) is 0. The van der Waals surface area contributed by atoms with E-state index in [1.165, 1.54) is 11.3 Å². The fourth-order valence-electron chi connectivity index (χ4n) is 3.97. The van der Waals surface area contributed by atoms with Gasteiger partial charge in [-0.2, -0.15) is 0 Å². The Kier molecular flexibility index (Phi) is 4.71. The standard InChI is InChI=1S/C22H25N7O/c1-13(2)20-19-17(30-28-20)5-4-15-11-25-22(27-21(15)19)26-18-10-14(3)16(12-24-18)29-8-6-23-7-9-29/h4-5,10-13,23H,6-9H2,1-3H3,(H,24,25,26,27). The number of nitrogens with one attached hydrogen (secondary N) is 2. The zero-order chi connectivity index (χ0) is 20.7. The summed E-state index contributed by atoms with van der Waals surface area (Å²) in [4.78, 5) is 16.2. The minimum absolute atomic E-state index is 0.241. The molecular weight excluding hydrogens is 378 g/mol. The molecule has 4 heterocycles. The number of hydrogen-bond donors (Lipinski definition) is 2. The van der Waals surface area contributed by atoms with Crippen LogP contribution in [0.2, 0.25) is 0 Å². The Labute approximate surface area is 174 Å². The molecule has 4 aromatic rings. The Morgan fingerprint density at radius 1 is 1.13 bits per heavy atom. The van der Waals surface area contributed by atoms with Crippen molar-refractivity contribution < 1.29 is 4.52 Å². The van der Waals surface area contributed by atoms with Crippen LogP contribution in [0.15, 0.2) is 35.1 Å². The Balaban J connectivity index is 1.48. The molecule has 0 unspecified atom stereocenters. The zero-order valence-electron chi connectivity index (χ0n) is 17.4. The van der Waals surface area contributed by atoms with Crippen molar-refractivity contribution in [1.82, 2.24) is 25.4 Å². The lowest BCUT2D eigenvalue weighted by molar-refractivity contribution is 0.441. The van der Waals surface area contributed by atoms with Gasteiger partial charge in [0.2, 0.25) is 5.95 Å². The maximum absolute atomic E-state index is 5.51. The summed E-state index contributed by atoms with van der Waals surface area (Å²) in [6.07, 6.45) is 3.75. The minimum Gasteiger partial charge on any atom is -0.368 e. The highest BCUT2D eigenvalue weighted by molar-refractivity contribution is 6.04. The van der Waals surface area contributed by atoms with E-state index in [2.05, 4.69) is 51.4 Å². The van der Waals surface area contributed by atoms with Gasteiger partial charge in [-0.1, -0.05) is 19.0 Å². The molecule has 1 aliphatic heterocycles. The normalized spacial score (nSPS) is 14.7. The Hall–Kier alpha value is -3.26. The van der Waals surface area contributed by atoms with Gasteiger partial charge in [-0.25, -0.2) is 15.0 Å². The number of fused-ring (bicyclic) bond motifs is 3. The summed E-state index contributed by atoms with van der Waals surface area (Å²) in [5, 5.41) is 12.8. The average molecular weight is 403 g/mol. The third-order valence-corrected chi connectivity index (χ3v) is 5.54. The smallest absolute Gasteiger partial charge is 0.228 e. The number of piperazine rings is 1. The molecule has 0 radical (unpaired) electrons. The maximum atomic E-state index is 5.51. The molecule has 1 saturated heterocycles. The van der Waals surface area contributed by atoms with Crippen molar-refractivity contribution >= 4 is 39.3 Å². The van der Waals surface area contributed by atoms with Crippen LogP contribution in [0.1, 0.15) is 31.0 Å². The quantitative estimate of drug-likeness (QED) is 0.532. The lowest BCUT2D eigenvalue weighted by Gasteiger charge is -2.30.